The lowest BCUT2D eigenvalue weighted by Gasteiger charge is -2.25. The number of fused-ring (bicyclic) bond motifs is 1. The first kappa shape index (κ1) is 23.1. The van der Waals surface area contributed by atoms with Gasteiger partial charge in [0.15, 0.2) is 5.15 Å². The molecule has 4 aromatic rings. The van der Waals surface area contributed by atoms with E-state index in [0.717, 1.165) is 16.8 Å². The van der Waals surface area contributed by atoms with Gasteiger partial charge in [-0.2, -0.15) is 15.3 Å². The molecular formula is C25H16Cl3N5O2. The van der Waals surface area contributed by atoms with Gasteiger partial charge in [-0.05, 0) is 42.8 Å². The maximum absolute atomic E-state index is 9.95. The SMILES string of the molecule is Cc1nn(-c2ccccc2)c2c1C(c1cccc(Oc3nc(Cl)c(Cl)cc3Cl)c1)C(C#N)=C(N)O2. The molecule has 174 valence electrons. The largest absolute Gasteiger partial charge is 0.437 e. The Morgan fingerprint density at radius 2 is 1.83 bits per heavy atom. The second-order valence-electron chi connectivity index (χ2n) is 7.70. The van der Waals surface area contributed by atoms with Crippen LogP contribution >= 0.6 is 34.8 Å². The van der Waals surface area contributed by atoms with E-state index in [1.165, 1.54) is 6.07 Å². The molecule has 2 aromatic heterocycles. The normalized spacial score (nSPS) is 14.8. The van der Waals surface area contributed by atoms with Gasteiger partial charge in [0.1, 0.15) is 22.4 Å². The highest BCUT2D eigenvalue weighted by molar-refractivity contribution is 6.42. The second-order valence-corrected chi connectivity index (χ2v) is 8.87. The van der Waals surface area contributed by atoms with Gasteiger partial charge >= 0.3 is 0 Å². The number of allylic oxidation sites excluding steroid dienone is 1. The molecular weight excluding hydrogens is 509 g/mol. The Balaban J connectivity index is 1.61. The van der Waals surface area contributed by atoms with Crippen LogP contribution in [0.4, 0.5) is 0 Å². The van der Waals surface area contributed by atoms with Crippen LogP contribution in [0, 0.1) is 18.3 Å². The number of hydrogen-bond acceptors (Lipinski definition) is 6. The number of aryl methyl sites for hydroxylation is 1. The number of nitrogens with zero attached hydrogens (tertiary/aromatic N) is 4. The summed E-state index contributed by atoms with van der Waals surface area (Å²) in [7, 11) is 0. The number of ether oxygens (including phenoxy) is 2. The average Bonchev–Trinajstić information content (AvgIpc) is 3.18. The molecule has 1 aliphatic rings. The zero-order valence-electron chi connectivity index (χ0n) is 18.2. The second kappa shape index (κ2) is 9.16. The third kappa shape index (κ3) is 4.17. The van der Waals surface area contributed by atoms with Gasteiger partial charge in [-0.15, -0.1) is 0 Å². The summed E-state index contributed by atoms with van der Waals surface area (Å²) in [6, 6.07) is 20.4. The molecule has 10 heteroatoms. The van der Waals surface area contributed by atoms with E-state index in [2.05, 4.69) is 16.2 Å². The molecule has 0 spiro atoms. The van der Waals surface area contributed by atoms with Crippen molar-refractivity contribution in [3.05, 3.63) is 104 Å². The third-order valence-electron chi connectivity index (χ3n) is 5.49. The molecule has 7 nitrogen and oxygen atoms in total. The van der Waals surface area contributed by atoms with Crippen molar-refractivity contribution >= 4 is 34.8 Å². The molecule has 0 fully saturated rings. The van der Waals surface area contributed by atoms with Crippen LogP contribution in [0.5, 0.6) is 17.5 Å². The number of para-hydroxylation sites is 1. The van der Waals surface area contributed by atoms with Gasteiger partial charge in [0.2, 0.25) is 17.6 Å². The van der Waals surface area contributed by atoms with Crippen molar-refractivity contribution in [1.29, 1.82) is 5.26 Å². The minimum atomic E-state index is -0.526. The van der Waals surface area contributed by atoms with Crippen molar-refractivity contribution in [2.24, 2.45) is 5.73 Å². The summed E-state index contributed by atoms with van der Waals surface area (Å²) >= 11 is 18.2. The van der Waals surface area contributed by atoms with Gasteiger partial charge in [0.05, 0.1) is 27.9 Å². The van der Waals surface area contributed by atoms with Crippen LogP contribution in [-0.2, 0) is 0 Å². The van der Waals surface area contributed by atoms with Crippen LogP contribution in [0.25, 0.3) is 5.69 Å². The first-order chi connectivity index (χ1) is 16.9. The lowest BCUT2D eigenvalue weighted by molar-refractivity contribution is 0.367. The fourth-order valence-electron chi connectivity index (χ4n) is 3.96. The predicted octanol–water partition coefficient (Wildman–Crippen LogP) is 6.55. The average molecular weight is 525 g/mol. The minimum absolute atomic E-state index is 0.0163. The fraction of sp³-hybridized carbons (Fsp3) is 0.0800. The number of hydrogen-bond donors (Lipinski definition) is 1. The van der Waals surface area contributed by atoms with E-state index in [-0.39, 0.29) is 32.5 Å². The molecule has 35 heavy (non-hydrogen) atoms. The Hall–Kier alpha value is -3.70. The molecule has 3 heterocycles. The van der Waals surface area contributed by atoms with Gasteiger partial charge < -0.3 is 15.2 Å². The van der Waals surface area contributed by atoms with E-state index >= 15 is 0 Å². The van der Waals surface area contributed by atoms with Crippen LogP contribution in [0.3, 0.4) is 0 Å². The van der Waals surface area contributed by atoms with Gasteiger partial charge in [0.25, 0.3) is 0 Å². The molecule has 2 N–H and O–H groups in total. The number of benzene rings is 2. The molecule has 0 radical (unpaired) electrons. The summed E-state index contributed by atoms with van der Waals surface area (Å²) in [5.74, 6) is 0.488. The van der Waals surface area contributed by atoms with Crippen molar-refractivity contribution in [3.63, 3.8) is 0 Å². The summed E-state index contributed by atoms with van der Waals surface area (Å²) in [6.45, 7) is 1.87. The summed E-state index contributed by atoms with van der Waals surface area (Å²) < 4.78 is 13.5. The van der Waals surface area contributed by atoms with E-state index in [4.69, 9.17) is 50.0 Å². The van der Waals surface area contributed by atoms with Crippen molar-refractivity contribution in [1.82, 2.24) is 14.8 Å². The highest BCUT2D eigenvalue weighted by Crippen LogP contribution is 2.45. The number of nitrogens with two attached hydrogens (primary N) is 1. The molecule has 1 atom stereocenters. The molecule has 2 aromatic carbocycles. The van der Waals surface area contributed by atoms with Crippen LogP contribution in [0.2, 0.25) is 15.2 Å². The lowest BCUT2D eigenvalue weighted by atomic mass is 9.84. The number of rotatable bonds is 4. The standard InChI is InChI=1S/C25H16Cl3N5O2/c1-13-20-21(14-6-5-9-16(10-14)34-24-19(27)11-18(26)22(28)31-24)17(12-29)23(30)35-25(20)33(32-13)15-7-3-2-4-8-15/h2-11,21H,30H2,1H3. The summed E-state index contributed by atoms with van der Waals surface area (Å²) in [5, 5.41) is 15.1. The smallest absolute Gasteiger partial charge is 0.239 e. The highest BCUT2D eigenvalue weighted by Gasteiger charge is 2.36. The number of nitriles is 1. The van der Waals surface area contributed by atoms with Crippen molar-refractivity contribution in [3.8, 4) is 29.3 Å². The Bertz CT molecular complexity index is 1530. The number of aromatic nitrogens is 3. The Morgan fingerprint density at radius 3 is 2.57 bits per heavy atom. The molecule has 0 bridgehead atoms. The van der Waals surface area contributed by atoms with E-state index in [1.54, 1.807) is 22.9 Å². The molecule has 1 unspecified atom stereocenters. The molecule has 0 saturated heterocycles. The molecule has 1 aliphatic heterocycles. The van der Waals surface area contributed by atoms with Gasteiger partial charge in [-0.1, -0.05) is 65.1 Å². The highest BCUT2D eigenvalue weighted by atomic mass is 35.5. The van der Waals surface area contributed by atoms with Gasteiger partial charge in [0, 0.05) is 0 Å². The lowest BCUT2D eigenvalue weighted by Crippen LogP contribution is -2.22. The summed E-state index contributed by atoms with van der Waals surface area (Å²) in [6.07, 6.45) is 0. The van der Waals surface area contributed by atoms with E-state index in [1.807, 2.05) is 43.3 Å². The van der Waals surface area contributed by atoms with E-state index < -0.39 is 5.92 Å². The van der Waals surface area contributed by atoms with Crippen LogP contribution in [0.1, 0.15) is 22.7 Å². The Labute approximate surface area is 215 Å². The van der Waals surface area contributed by atoms with Crippen LogP contribution in [0.15, 0.2) is 72.1 Å². The molecule has 0 amide bonds. The topological polar surface area (TPSA) is 99.0 Å². The maximum atomic E-state index is 9.95. The molecule has 0 aliphatic carbocycles. The van der Waals surface area contributed by atoms with Crippen LogP contribution < -0.4 is 15.2 Å². The van der Waals surface area contributed by atoms with Gasteiger partial charge in [-0.25, -0.2) is 4.68 Å². The quantitative estimate of drug-likeness (QED) is 0.304. The van der Waals surface area contributed by atoms with Gasteiger partial charge in [-0.3, -0.25) is 0 Å². The van der Waals surface area contributed by atoms with E-state index in [0.29, 0.717) is 17.3 Å². The predicted molar refractivity (Wildman–Crippen MR) is 133 cm³/mol. The van der Waals surface area contributed by atoms with Crippen molar-refractivity contribution < 1.29 is 9.47 Å². The summed E-state index contributed by atoms with van der Waals surface area (Å²) in [4.78, 5) is 4.10. The number of halogens is 3. The monoisotopic (exact) mass is 523 g/mol. The molecule has 5 rings (SSSR count). The third-order valence-corrected chi connectivity index (χ3v) is 6.44. The van der Waals surface area contributed by atoms with Crippen molar-refractivity contribution in [2.45, 2.75) is 12.8 Å². The minimum Gasteiger partial charge on any atom is -0.437 e. The molecule has 0 saturated carbocycles. The zero-order chi connectivity index (χ0) is 24.7. The Kier molecular flexibility index (Phi) is 6.03. The van der Waals surface area contributed by atoms with Crippen LogP contribution in [-0.4, -0.2) is 14.8 Å². The summed E-state index contributed by atoms with van der Waals surface area (Å²) in [5.41, 5.74) is 9.48. The van der Waals surface area contributed by atoms with E-state index in [9.17, 15) is 5.26 Å². The maximum Gasteiger partial charge on any atom is 0.239 e. The first-order valence-corrected chi connectivity index (χ1v) is 11.5. The van der Waals surface area contributed by atoms with Crippen molar-refractivity contribution in [2.75, 3.05) is 0 Å². The number of pyridine rings is 1. The fourth-order valence-corrected chi connectivity index (χ4v) is 4.49. The first-order valence-electron chi connectivity index (χ1n) is 10.4. The Morgan fingerprint density at radius 1 is 1.06 bits per heavy atom. The zero-order valence-corrected chi connectivity index (χ0v) is 20.4.